The minimum Gasteiger partial charge on any atom is -0.504 e. The van der Waals surface area contributed by atoms with Gasteiger partial charge in [0.2, 0.25) is 5.91 Å². The highest BCUT2D eigenvalue weighted by Gasteiger charge is 2.18. The zero-order valence-electron chi connectivity index (χ0n) is 11.0. The fraction of sp³-hybridized carbons (Fsp3) is 0.286. The van der Waals surface area contributed by atoms with Crippen LogP contribution in [0.25, 0.3) is 0 Å². The van der Waals surface area contributed by atoms with Crippen molar-refractivity contribution in [1.29, 1.82) is 0 Å². The molecule has 0 aromatic heterocycles. The lowest BCUT2D eigenvalue weighted by Crippen LogP contribution is -2.24. The molecule has 1 N–H and O–H groups in total. The second kappa shape index (κ2) is 6.58. The summed E-state index contributed by atoms with van der Waals surface area (Å²) < 4.78 is 5.21. The molecule has 0 atom stereocenters. The number of para-hydroxylation sites is 1. The maximum Gasteiger partial charge on any atom is 0.229 e. The van der Waals surface area contributed by atoms with Crippen LogP contribution in [0, 0.1) is 0 Å². The first-order valence-corrected chi connectivity index (χ1v) is 5.76. The summed E-state index contributed by atoms with van der Waals surface area (Å²) in [6.07, 6.45) is 1.25. The van der Waals surface area contributed by atoms with Crippen LogP contribution in [-0.4, -0.2) is 42.4 Å². The van der Waals surface area contributed by atoms with Gasteiger partial charge < -0.3 is 14.7 Å². The molecule has 102 valence electrons. The highest BCUT2D eigenvalue weighted by molar-refractivity contribution is 6.09. The molecule has 1 rings (SSSR count). The molecule has 0 unspecified atom stereocenters. The van der Waals surface area contributed by atoms with Crippen LogP contribution < -0.4 is 4.74 Å². The summed E-state index contributed by atoms with van der Waals surface area (Å²) in [6.45, 7) is 3.72. The number of ether oxygens (including phenoxy) is 1. The van der Waals surface area contributed by atoms with Crippen molar-refractivity contribution in [1.82, 2.24) is 4.90 Å². The van der Waals surface area contributed by atoms with Crippen LogP contribution in [0.15, 0.2) is 30.9 Å². The Labute approximate surface area is 112 Å². The molecule has 0 saturated carbocycles. The molecule has 5 heteroatoms. The molecule has 0 aliphatic carbocycles. The third-order valence-corrected chi connectivity index (χ3v) is 2.47. The number of phenols is 1. The number of Topliss-reactive ketones (excluding diaryl/α,β-unsaturated/α-hetero) is 1. The molecule has 0 saturated heterocycles. The van der Waals surface area contributed by atoms with Crippen molar-refractivity contribution in [3.05, 3.63) is 36.4 Å². The minimum atomic E-state index is -0.444. The Morgan fingerprint density at radius 2 is 2.11 bits per heavy atom. The number of rotatable bonds is 6. The van der Waals surface area contributed by atoms with Gasteiger partial charge in [0.05, 0.1) is 12.0 Å². The quantitative estimate of drug-likeness (QED) is 0.481. The molecule has 0 bridgehead atoms. The number of benzene rings is 1. The summed E-state index contributed by atoms with van der Waals surface area (Å²) in [5, 5.41) is 9.93. The van der Waals surface area contributed by atoms with E-state index in [1.54, 1.807) is 26.2 Å². The number of carbonyl (C=O) groups is 2. The standard InChI is InChI=1S/C14H17NO4/c1-4-8-19-12-7-5-6-10(14(12)18)11(16)9-13(17)15(2)3/h4-7,18H,1,8-9H2,2-3H3. The number of aromatic hydroxyl groups is 1. The van der Waals surface area contributed by atoms with Gasteiger partial charge in [0.25, 0.3) is 0 Å². The predicted molar refractivity (Wildman–Crippen MR) is 71.4 cm³/mol. The number of phenolic OH excluding ortho intramolecular Hbond substituents is 1. The van der Waals surface area contributed by atoms with Gasteiger partial charge in [0, 0.05) is 14.1 Å². The van der Waals surface area contributed by atoms with E-state index in [1.807, 2.05) is 0 Å². The van der Waals surface area contributed by atoms with E-state index in [2.05, 4.69) is 6.58 Å². The Balaban J connectivity index is 2.91. The molecule has 1 aromatic carbocycles. The van der Waals surface area contributed by atoms with Gasteiger partial charge in [-0.15, -0.1) is 0 Å². The van der Waals surface area contributed by atoms with Crippen molar-refractivity contribution < 1.29 is 19.4 Å². The first kappa shape index (κ1) is 14.8. The van der Waals surface area contributed by atoms with Crippen LogP contribution in [0.4, 0.5) is 0 Å². The molecule has 1 amide bonds. The van der Waals surface area contributed by atoms with Gasteiger partial charge in [-0.25, -0.2) is 0 Å². The molecule has 0 aliphatic rings. The van der Waals surface area contributed by atoms with Gasteiger partial charge in [-0.1, -0.05) is 18.7 Å². The summed E-state index contributed by atoms with van der Waals surface area (Å²) in [5.41, 5.74) is 0.0803. The number of hydrogen-bond acceptors (Lipinski definition) is 4. The smallest absolute Gasteiger partial charge is 0.229 e. The molecular formula is C14H17NO4. The Kier molecular flexibility index (Phi) is 5.11. The molecule has 19 heavy (non-hydrogen) atoms. The lowest BCUT2D eigenvalue weighted by Gasteiger charge is -2.11. The Morgan fingerprint density at radius 1 is 1.42 bits per heavy atom. The Hall–Kier alpha value is -2.30. The fourth-order valence-corrected chi connectivity index (χ4v) is 1.40. The van der Waals surface area contributed by atoms with Gasteiger partial charge in [-0.3, -0.25) is 9.59 Å². The molecule has 0 spiro atoms. The number of hydrogen-bond donors (Lipinski definition) is 1. The van der Waals surface area contributed by atoms with E-state index < -0.39 is 5.78 Å². The first-order valence-electron chi connectivity index (χ1n) is 5.76. The van der Waals surface area contributed by atoms with Crippen LogP contribution in [0.3, 0.4) is 0 Å². The third-order valence-electron chi connectivity index (χ3n) is 2.47. The predicted octanol–water partition coefficient (Wildman–Crippen LogP) is 1.62. The van der Waals surface area contributed by atoms with E-state index in [9.17, 15) is 14.7 Å². The second-order valence-electron chi connectivity index (χ2n) is 4.14. The van der Waals surface area contributed by atoms with Crippen LogP contribution in [-0.2, 0) is 4.79 Å². The number of amides is 1. The normalized spacial score (nSPS) is 9.79. The molecule has 0 radical (unpaired) electrons. The Bertz CT molecular complexity index is 494. The van der Waals surface area contributed by atoms with Crippen LogP contribution in [0.1, 0.15) is 16.8 Å². The summed E-state index contributed by atoms with van der Waals surface area (Å²) >= 11 is 0. The minimum absolute atomic E-state index is 0.0803. The van der Waals surface area contributed by atoms with E-state index in [0.717, 1.165) is 0 Å². The molecule has 5 nitrogen and oxygen atoms in total. The lowest BCUT2D eigenvalue weighted by molar-refractivity contribution is -0.127. The topological polar surface area (TPSA) is 66.8 Å². The van der Waals surface area contributed by atoms with Gasteiger partial charge in [0.15, 0.2) is 17.3 Å². The van der Waals surface area contributed by atoms with Crippen LogP contribution in [0.5, 0.6) is 11.5 Å². The largest absolute Gasteiger partial charge is 0.504 e. The molecular weight excluding hydrogens is 246 g/mol. The fourth-order valence-electron chi connectivity index (χ4n) is 1.40. The maximum absolute atomic E-state index is 11.9. The van der Waals surface area contributed by atoms with Crippen molar-refractivity contribution in [2.75, 3.05) is 20.7 Å². The number of ketones is 1. The van der Waals surface area contributed by atoms with Gasteiger partial charge in [0.1, 0.15) is 6.61 Å². The first-order chi connectivity index (χ1) is 8.97. The maximum atomic E-state index is 11.9. The van der Waals surface area contributed by atoms with Crippen molar-refractivity contribution in [3.63, 3.8) is 0 Å². The zero-order valence-corrected chi connectivity index (χ0v) is 11.0. The van der Waals surface area contributed by atoms with Gasteiger partial charge >= 0.3 is 0 Å². The van der Waals surface area contributed by atoms with Crippen LogP contribution >= 0.6 is 0 Å². The van der Waals surface area contributed by atoms with Crippen molar-refractivity contribution in [2.24, 2.45) is 0 Å². The second-order valence-corrected chi connectivity index (χ2v) is 4.14. The molecule has 0 fully saturated rings. The zero-order chi connectivity index (χ0) is 14.4. The summed E-state index contributed by atoms with van der Waals surface area (Å²) in [6, 6.07) is 4.59. The highest BCUT2D eigenvalue weighted by Crippen LogP contribution is 2.30. The van der Waals surface area contributed by atoms with E-state index in [1.165, 1.54) is 17.0 Å². The number of carbonyl (C=O) groups excluding carboxylic acids is 2. The van der Waals surface area contributed by atoms with E-state index >= 15 is 0 Å². The van der Waals surface area contributed by atoms with Gasteiger partial charge in [-0.2, -0.15) is 0 Å². The molecule has 0 heterocycles. The monoisotopic (exact) mass is 263 g/mol. The lowest BCUT2D eigenvalue weighted by atomic mass is 10.1. The number of nitrogens with zero attached hydrogens (tertiary/aromatic N) is 1. The molecule has 0 aliphatic heterocycles. The average Bonchev–Trinajstić information content (AvgIpc) is 2.37. The third kappa shape index (κ3) is 3.84. The van der Waals surface area contributed by atoms with Crippen molar-refractivity contribution >= 4 is 11.7 Å². The molecule has 1 aromatic rings. The van der Waals surface area contributed by atoms with E-state index in [-0.39, 0.29) is 36.0 Å². The van der Waals surface area contributed by atoms with Gasteiger partial charge in [-0.05, 0) is 12.1 Å². The Morgan fingerprint density at radius 3 is 2.68 bits per heavy atom. The summed E-state index contributed by atoms with van der Waals surface area (Å²) in [5.74, 6) is -0.814. The average molecular weight is 263 g/mol. The highest BCUT2D eigenvalue weighted by atomic mass is 16.5. The van der Waals surface area contributed by atoms with E-state index in [4.69, 9.17) is 4.74 Å². The summed E-state index contributed by atoms with van der Waals surface area (Å²) in [7, 11) is 3.14. The van der Waals surface area contributed by atoms with E-state index in [0.29, 0.717) is 0 Å². The SMILES string of the molecule is C=CCOc1cccc(C(=O)CC(=O)N(C)C)c1O. The van der Waals surface area contributed by atoms with Crippen molar-refractivity contribution in [3.8, 4) is 11.5 Å². The van der Waals surface area contributed by atoms with Crippen LogP contribution in [0.2, 0.25) is 0 Å². The summed E-state index contributed by atoms with van der Waals surface area (Å²) in [4.78, 5) is 24.7. The van der Waals surface area contributed by atoms with Crippen molar-refractivity contribution in [2.45, 2.75) is 6.42 Å².